The fourth-order valence-corrected chi connectivity index (χ4v) is 2.32. The predicted molar refractivity (Wildman–Crippen MR) is 81.8 cm³/mol. The maximum Gasteiger partial charge on any atom is 0.120 e. The van der Waals surface area contributed by atoms with Crippen molar-refractivity contribution in [3.05, 3.63) is 57.3 Å². The van der Waals surface area contributed by atoms with Crippen molar-refractivity contribution in [3.63, 3.8) is 0 Å². The molecule has 2 aromatic rings. The number of benzene rings is 1. The van der Waals surface area contributed by atoms with Gasteiger partial charge in [0.2, 0.25) is 0 Å². The summed E-state index contributed by atoms with van der Waals surface area (Å²) < 4.78 is 1.82. The smallest absolute Gasteiger partial charge is 0.120 e. The fraction of sp³-hybridized carbons (Fsp3) is 0.267. The van der Waals surface area contributed by atoms with Crippen molar-refractivity contribution in [2.45, 2.75) is 19.5 Å². The molecule has 0 amide bonds. The van der Waals surface area contributed by atoms with E-state index in [-0.39, 0.29) is 6.04 Å². The van der Waals surface area contributed by atoms with Crippen LogP contribution >= 0.6 is 23.2 Å². The lowest BCUT2D eigenvalue weighted by Crippen LogP contribution is -2.17. The molecule has 0 fully saturated rings. The molecule has 1 unspecified atom stereocenters. The molecular weight excluding hydrogens is 293 g/mol. The third kappa shape index (κ3) is 3.34. The Morgan fingerprint density at radius 3 is 2.65 bits per heavy atom. The van der Waals surface area contributed by atoms with Gasteiger partial charge in [-0.3, -0.25) is 0 Å². The predicted octanol–water partition coefficient (Wildman–Crippen LogP) is 4.05. The maximum atomic E-state index is 8.93. The van der Waals surface area contributed by atoms with Crippen LogP contribution in [0.4, 0.5) is 0 Å². The molecule has 0 saturated carbocycles. The fourth-order valence-electron chi connectivity index (χ4n) is 2.01. The molecule has 1 N–H and O–H groups in total. The number of nitrogens with one attached hydrogen (secondary N) is 1. The van der Waals surface area contributed by atoms with E-state index in [1.807, 2.05) is 36.0 Å². The molecule has 1 aromatic heterocycles. The highest BCUT2D eigenvalue weighted by Crippen LogP contribution is 2.25. The van der Waals surface area contributed by atoms with E-state index in [0.29, 0.717) is 22.3 Å². The van der Waals surface area contributed by atoms with Gasteiger partial charge in [-0.1, -0.05) is 29.3 Å². The van der Waals surface area contributed by atoms with E-state index in [4.69, 9.17) is 28.5 Å². The van der Waals surface area contributed by atoms with Gasteiger partial charge in [-0.25, -0.2) is 0 Å². The normalized spacial score (nSPS) is 12.2. The lowest BCUT2D eigenvalue weighted by Gasteiger charge is -2.14. The van der Waals surface area contributed by atoms with E-state index in [1.54, 1.807) is 6.07 Å². The van der Waals surface area contributed by atoms with Gasteiger partial charge < -0.3 is 9.88 Å². The second-order valence-electron chi connectivity index (χ2n) is 4.73. The lowest BCUT2D eigenvalue weighted by atomic mass is 10.1. The van der Waals surface area contributed by atoms with Crippen molar-refractivity contribution in [3.8, 4) is 6.07 Å². The molecule has 1 aromatic carbocycles. The minimum absolute atomic E-state index is 0.149. The van der Waals surface area contributed by atoms with E-state index in [9.17, 15) is 0 Å². The second kappa shape index (κ2) is 6.32. The summed E-state index contributed by atoms with van der Waals surface area (Å²) in [7, 11) is 1.87. The van der Waals surface area contributed by atoms with Crippen LogP contribution in [0.2, 0.25) is 10.0 Å². The van der Waals surface area contributed by atoms with Crippen LogP contribution < -0.4 is 5.32 Å². The van der Waals surface area contributed by atoms with Crippen LogP contribution in [-0.4, -0.2) is 4.57 Å². The summed E-state index contributed by atoms with van der Waals surface area (Å²) in [6.07, 6.45) is 1.95. The first-order chi connectivity index (χ1) is 9.51. The van der Waals surface area contributed by atoms with Crippen molar-refractivity contribution in [1.29, 1.82) is 5.26 Å². The zero-order chi connectivity index (χ0) is 14.7. The third-order valence-electron chi connectivity index (χ3n) is 3.23. The van der Waals surface area contributed by atoms with Crippen molar-refractivity contribution >= 4 is 23.2 Å². The van der Waals surface area contributed by atoms with Crippen LogP contribution in [-0.2, 0) is 13.6 Å². The summed E-state index contributed by atoms with van der Waals surface area (Å²) in [5.74, 6) is 0. The Kier molecular flexibility index (Phi) is 4.72. The molecule has 1 atom stereocenters. The average molecular weight is 308 g/mol. The lowest BCUT2D eigenvalue weighted by molar-refractivity contribution is 0.574. The molecule has 5 heteroatoms. The molecule has 2 rings (SSSR count). The van der Waals surface area contributed by atoms with Crippen molar-refractivity contribution in [2.75, 3.05) is 0 Å². The summed E-state index contributed by atoms with van der Waals surface area (Å²) in [6, 6.07) is 9.81. The van der Waals surface area contributed by atoms with Gasteiger partial charge in [-0.2, -0.15) is 5.26 Å². The van der Waals surface area contributed by atoms with Crippen LogP contribution in [0.3, 0.4) is 0 Å². The van der Waals surface area contributed by atoms with Crippen molar-refractivity contribution < 1.29 is 0 Å². The summed E-state index contributed by atoms with van der Waals surface area (Å²) in [6.45, 7) is 2.75. The van der Waals surface area contributed by atoms with Gasteiger partial charge in [-0.05, 0) is 36.2 Å². The van der Waals surface area contributed by atoms with Gasteiger partial charge in [0.05, 0.1) is 10.0 Å². The topological polar surface area (TPSA) is 40.8 Å². The van der Waals surface area contributed by atoms with E-state index < -0.39 is 0 Å². The standard InChI is InChI=1S/C15H15Cl2N3/c1-10(12-3-4-14(16)15(17)6-12)19-8-11-5-13(7-18)20(2)9-11/h3-6,9-10,19H,8H2,1-2H3. The largest absolute Gasteiger partial charge is 0.342 e. The minimum Gasteiger partial charge on any atom is -0.342 e. The van der Waals surface area contributed by atoms with E-state index >= 15 is 0 Å². The third-order valence-corrected chi connectivity index (χ3v) is 3.97. The molecule has 20 heavy (non-hydrogen) atoms. The highest BCUT2D eigenvalue weighted by atomic mass is 35.5. The van der Waals surface area contributed by atoms with Gasteiger partial charge in [0.1, 0.15) is 11.8 Å². The molecule has 0 bridgehead atoms. The van der Waals surface area contributed by atoms with Crippen LogP contribution in [0, 0.1) is 11.3 Å². The van der Waals surface area contributed by atoms with E-state index in [1.165, 1.54) is 0 Å². The highest BCUT2D eigenvalue weighted by molar-refractivity contribution is 6.42. The number of halogens is 2. The molecule has 0 aliphatic rings. The van der Waals surface area contributed by atoms with Crippen molar-refractivity contribution in [1.82, 2.24) is 9.88 Å². The number of nitrogens with zero attached hydrogens (tertiary/aromatic N) is 2. The minimum atomic E-state index is 0.149. The summed E-state index contributed by atoms with van der Waals surface area (Å²) in [5, 5.41) is 13.4. The Labute approximate surface area is 128 Å². The Morgan fingerprint density at radius 1 is 1.30 bits per heavy atom. The molecule has 0 spiro atoms. The summed E-state index contributed by atoms with van der Waals surface area (Å²) in [4.78, 5) is 0. The Hall–Kier alpha value is -1.47. The molecule has 0 aliphatic carbocycles. The van der Waals surface area contributed by atoms with Gasteiger partial charge in [0, 0.05) is 25.8 Å². The molecule has 0 saturated heterocycles. The van der Waals surface area contributed by atoms with Crippen LogP contribution in [0.25, 0.3) is 0 Å². The number of nitriles is 1. The van der Waals surface area contributed by atoms with E-state index in [2.05, 4.69) is 18.3 Å². The maximum absolute atomic E-state index is 8.93. The molecule has 0 radical (unpaired) electrons. The van der Waals surface area contributed by atoms with Gasteiger partial charge in [-0.15, -0.1) is 0 Å². The Bertz CT molecular complexity index is 656. The first kappa shape index (κ1) is 14.9. The molecule has 3 nitrogen and oxygen atoms in total. The van der Waals surface area contributed by atoms with Gasteiger partial charge in [0.15, 0.2) is 0 Å². The average Bonchev–Trinajstić information content (AvgIpc) is 2.79. The first-order valence-corrected chi connectivity index (χ1v) is 7.00. The number of hydrogen-bond acceptors (Lipinski definition) is 2. The summed E-state index contributed by atoms with van der Waals surface area (Å²) >= 11 is 11.9. The number of aromatic nitrogens is 1. The summed E-state index contributed by atoms with van der Waals surface area (Å²) in [5.41, 5.74) is 2.82. The molecule has 0 aliphatic heterocycles. The number of hydrogen-bond donors (Lipinski definition) is 1. The van der Waals surface area contributed by atoms with Gasteiger partial charge in [0.25, 0.3) is 0 Å². The van der Waals surface area contributed by atoms with Crippen LogP contribution in [0.5, 0.6) is 0 Å². The first-order valence-electron chi connectivity index (χ1n) is 6.25. The number of rotatable bonds is 4. The van der Waals surface area contributed by atoms with Crippen molar-refractivity contribution in [2.24, 2.45) is 7.05 Å². The van der Waals surface area contributed by atoms with Gasteiger partial charge >= 0.3 is 0 Å². The molecule has 1 heterocycles. The van der Waals surface area contributed by atoms with Crippen LogP contribution in [0.1, 0.15) is 29.8 Å². The Morgan fingerprint density at radius 2 is 2.05 bits per heavy atom. The highest BCUT2D eigenvalue weighted by Gasteiger charge is 2.08. The second-order valence-corrected chi connectivity index (χ2v) is 5.55. The molecule has 104 valence electrons. The van der Waals surface area contributed by atoms with Crippen LogP contribution in [0.15, 0.2) is 30.5 Å². The number of aryl methyl sites for hydroxylation is 1. The Balaban J connectivity index is 2.02. The molecular formula is C15H15Cl2N3. The SMILES string of the molecule is CC(NCc1cc(C#N)n(C)c1)c1ccc(Cl)c(Cl)c1. The monoisotopic (exact) mass is 307 g/mol. The van der Waals surface area contributed by atoms with E-state index in [0.717, 1.165) is 11.1 Å². The zero-order valence-corrected chi connectivity index (χ0v) is 12.8. The zero-order valence-electron chi connectivity index (χ0n) is 11.3. The quantitative estimate of drug-likeness (QED) is 0.925.